The molecule has 0 bridgehead atoms. The van der Waals surface area contributed by atoms with E-state index >= 15 is 0 Å². The minimum absolute atomic E-state index is 0.112. The van der Waals surface area contributed by atoms with E-state index in [1.54, 1.807) is 20.3 Å². The Morgan fingerprint density at radius 1 is 1.24 bits per heavy atom. The molecule has 5 nitrogen and oxygen atoms in total. The summed E-state index contributed by atoms with van der Waals surface area (Å²) >= 11 is 1.96. The number of piperidine rings is 1. The second-order valence-corrected chi connectivity index (χ2v) is 7.96. The number of aryl methyl sites for hydroxylation is 1. The Kier molecular flexibility index (Phi) is 5.58. The van der Waals surface area contributed by atoms with Gasteiger partial charge in [0.15, 0.2) is 0 Å². The van der Waals surface area contributed by atoms with E-state index < -0.39 is 0 Å². The van der Waals surface area contributed by atoms with Crippen LogP contribution in [0.2, 0.25) is 0 Å². The van der Waals surface area contributed by atoms with E-state index in [-0.39, 0.29) is 5.91 Å². The molecule has 2 aromatic rings. The highest BCUT2D eigenvalue weighted by Crippen LogP contribution is 2.31. The van der Waals surface area contributed by atoms with Crippen molar-refractivity contribution in [3.05, 3.63) is 47.9 Å². The molecule has 0 radical (unpaired) electrons. The summed E-state index contributed by atoms with van der Waals surface area (Å²) in [4.78, 5) is 25.9. The van der Waals surface area contributed by atoms with Crippen molar-refractivity contribution in [1.29, 1.82) is 0 Å². The lowest BCUT2D eigenvalue weighted by atomic mass is 10.1. The summed E-state index contributed by atoms with van der Waals surface area (Å²) in [5.74, 6) is 0.686. The van der Waals surface area contributed by atoms with Crippen LogP contribution in [0.3, 0.4) is 0 Å². The SMILES string of the molecule is Cc1cccc(SC2CCN(c3cncc(C(=O)N(C)C)n3)CC2)c1. The first-order valence-electron chi connectivity index (χ1n) is 8.55. The molecule has 0 atom stereocenters. The number of hydrogen-bond donors (Lipinski definition) is 0. The summed E-state index contributed by atoms with van der Waals surface area (Å²) in [5.41, 5.74) is 1.71. The fraction of sp³-hybridized carbons (Fsp3) is 0.421. The van der Waals surface area contributed by atoms with E-state index in [9.17, 15) is 4.79 Å². The molecule has 1 saturated heterocycles. The molecule has 1 aromatic carbocycles. The van der Waals surface area contributed by atoms with Crippen molar-refractivity contribution >= 4 is 23.5 Å². The highest BCUT2D eigenvalue weighted by atomic mass is 32.2. The van der Waals surface area contributed by atoms with Crippen LogP contribution in [0.5, 0.6) is 0 Å². The molecule has 0 saturated carbocycles. The summed E-state index contributed by atoms with van der Waals surface area (Å²) in [6.07, 6.45) is 5.49. The van der Waals surface area contributed by atoms with Crippen molar-refractivity contribution in [3.63, 3.8) is 0 Å². The maximum absolute atomic E-state index is 12.1. The summed E-state index contributed by atoms with van der Waals surface area (Å²) in [5, 5.41) is 0.623. The van der Waals surface area contributed by atoms with Crippen molar-refractivity contribution in [3.8, 4) is 0 Å². The maximum Gasteiger partial charge on any atom is 0.273 e. The van der Waals surface area contributed by atoms with Crippen molar-refractivity contribution in [2.24, 2.45) is 0 Å². The first kappa shape index (κ1) is 17.7. The number of benzene rings is 1. The second-order valence-electron chi connectivity index (χ2n) is 6.58. The molecular formula is C19H24N4OS. The Balaban J connectivity index is 1.60. The zero-order valence-electron chi connectivity index (χ0n) is 15.0. The molecule has 0 unspecified atom stereocenters. The molecular weight excluding hydrogens is 332 g/mol. The van der Waals surface area contributed by atoms with Crippen molar-refractivity contribution < 1.29 is 4.79 Å². The largest absolute Gasteiger partial charge is 0.355 e. The van der Waals surface area contributed by atoms with Gasteiger partial charge < -0.3 is 9.80 Å². The molecule has 2 heterocycles. The third-order valence-electron chi connectivity index (χ3n) is 4.31. The van der Waals surface area contributed by atoms with Gasteiger partial charge >= 0.3 is 0 Å². The van der Waals surface area contributed by atoms with Gasteiger partial charge in [-0.05, 0) is 31.9 Å². The van der Waals surface area contributed by atoms with Crippen LogP contribution in [0.25, 0.3) is 0 Å². The fourth-order valence-corrected chi connectivity index (χ4v) is 4.17. The Labute approximate surface area is 153 Å². The van der Waals surface area contributed by atoms with Crippen LogP contribution in [0.4, 0.5) is 5.82 Å². The van der Waals surface area contributed by atoms with Gasteiger partial charge in [0.25, 0.3) is 5.91 Å². The van der Waals surface area contributed by atoms with Crippen LogP contribution in [-0.2, 0) is 0 Å². The summed E-state index contributed by atoms with van der Waals surface area (Å²) in [6.45, 7) is 4.02. The van der Waals surface area contributed by atoms with E-state index in [4.69, 9.17) is 0 Å². The molecule has 3 rings (SSSR count). The Hall–Kier alpha value is -2.08. The lowest BCUT2D eigenvalue weighted by Crippen LogP contribution is -2.36. The van der Waals surface area contributed by atoms with Crippen LogP contribution in [0, 0.1) is 6.92 Å². The van der Waals surface area contributed by atoms with Gasteiger partial charge in [-0.3, -0.25) is 9.78 Å². The van der Waals surface area contributed by atoms with Gasteiger partial charge in [0, 0.05) is 37.3 Å². The van der Waals surface area contributed by atoms with Gasteiger partial charge in [0.2, 0.25) is 0 Å². The fourth-order valence-electron chi connectivity index (χ4n) is 2.92. The average Bonchev–Trinajstić information content (AvgIpc) is 2.62. The molecule has 1 aromatic heterocycles. The molecule has 0 spiro atoms. The van der Waals surface area contributed by atoms with E-state index in [2.05, 4.69) is 46.1 Å². The van der Waals surface area contributed by atoms with Crippen LogP contribution in [0.15, 0.2) is 41.6 Å². The summed E-state index contributed by atoms with van der Waals surface area (Å²) in [7, 11) is 3.45. The normalized spacial score (nSPS) is 15.2. The van der Waals surface area contributed by atoms with Gasteiger partial charge in [-0.15, -0.1) is 11.8 Å². The standard InChI is InChI=1S/C19H24N4OS/c1-14-5-4-6-16(11-14)25-15-7-9-23(10-8-15)18-13-20-12-17(21-18)19(24)22(2)3/h4-6,11-13,15H,7-10H2,1-3H3. The number of hydrogen-bond acceptors (Lipinski definition) is 5. The molecule has 25 heavy (non-hydrogen) atoms. The number of carbonyl (C=O) groups is 1. The maximum atomic E-state index is 12.1. The summed E-state index contributed by atoms with van der Waals surface area (Å²) in [6, 6.07) is 8.69. The highest BCUT2D eigenvalue weighted by molar-refractivity contribution is 8.00. The third-order valence-corrected chi connectivity index (χ3v) is 5.64. The van der Waals surface area contributed by atoms with E-state index in [0.29, 0.717) is 10.9 Å². The van der Waals surface area contributed by atoms with Gasteiger partial charge in [-0.2, -0.15) is 0 Å². The molecule has 6 heteroatoms. The number of nitrogens with zero attached hydrogens (tertiary/aromatic N) is 4. The lowest BCUT2D eigenvalue weighted by molar-refractivity contribution is 0.0821. The summed E-state index contributed by atoms with van der Waals surface area (Å²) < 4.78 is 0. The topological polar surface area (TPSA) is 49.3 Å². The molecule has 1 aliphatic rings. The zero-order valence-corrected chi connectivity index (χ0v) is 15.8. The third kappa shape index (κ3) is 4.51. The average molecular weight is 356 g/mol. The monoisotopic (exact) mass is 356 g/mol. The predicted molar refractivity (Wildman–Crippen MR) is 102 cm³/mol. The second kappa shape index (κ2) is 7.87. The first-order chi connectivity index (χ1) is 12.0. The minimum atomic E-state index is -0.112. The van der Waals surface area contributed by atoms with Gasteiger partial charge in [0.1, 0.15) is 11.5 Å². The Morgan fingerprint density at radius 2 is 2.00 bits per heavy atom. The van der Waals surface area contributed by atoms with Crippen molar-refractivity contribution in [1.82, 2.24) is 14.9 Å². The van der Waals surface area contributed by atoms with Gasteiger partial charge in [0.05, 0.1) is 12.4 Å². The predicted octanol–water partition coefficient (Wildman–Crippen LogP) is 3.25. The van der Waals surface area contributed by atoms with Crippen LogP contribution in [0.1, 0.15) is 28.9 Å². The van der Waals surface area contributed by atoms with Gasteiger partial charge in [-0.25, -0.2) is 4.98 Å². The number of anilines is 1. The van der Waals surface area contributed by atoms with E-state index in [1.165, 1.54) is 21.6 Å². The molecule has 0 N–H and O–H groups in total. The number of amides is 1. The molecule has 1 amide bonds. The lowest BCUT2D eigenvalue weighted by Gasteiger charge is -2.32. The highest BCUT2D eigenvalue weighted by Gasteiger charge is 2.22. The molecule has 132 valence electrons. The number of aromatic nitrogens is 2. The van der Waals surface area contributed by atoms with E-state index in [1.807, 2.05) is 11.8 Å². The number of carbonyl (C=O) groups excluding carboxylic acids is 1. The molecule has 1 aliphatic heterocycles. The van der Waals surface area contributed by atoms with Crippen molar-refractivity contribution in [2.75, 3.05) is 32.1 Å². The van der Waals surface area contributed by atoms with Crippen LogP contribution in [-0.4, -0.2) is 53.2 Å². The molecule has 0 aliphatic carbocycles. The minimum Gasteiger partial charge on any atom is -0.355 e. The number of thioether (sulfide) groups is 1. The quantitative estimate of drug-likeness (QED) is 0.842. The zero-order chi connectivity index (χ0) is 17.8. The first-order valence-corrected chi connectivity index (χ1v) is 9.43. The Morgan fingerprint density at radius 3 is 2.68 bits per heavy atom. The Bertz CT molecular complexity index is 742. The van der Waals surface area contributed by atoms with Crippen molar-refractivity contribution in [2.45, 2.75) is 29.9 Å². The number of rotatable bonds is 4. The van der Waals surface area contributed by atoms with Crippen LogP contribution < -0.4 is 4.90 Å². The molecule has 1 fully saturated rings. The smallest absolute Gasteiger partial charge is 0.273 e. The van der Waals surface area contributed by atoms with Gasteiger partial charge in [-0.1, -0.05) is 17.7 Å². The van der Waals surface area contributed by atoms with Crippen LogP contribution >= 0.6 is 11.8 Å². The van der Waals surface area contributed by atoms with E-state index in [0.717, 1.165) is 31.7 Å².